The van der Waals surface area contributed by atoms with Gasteiger partial charge in [-0.3, -0.25) is 4.79 Å². The summed E-state index contributed by atoms with van der Waals surface area (Å²) in [6, 6.07) is 5.65. The van der Waals surface area contributed by atoms with Gasteiger partial charge in [0.1, 0.15) is 0 Å². The fourth-order valence-corrected chi connectivity index (χ4v) is 2.89. The molecule has 0 amide bonds. The molecule has 1 aliphatic heterocycles. The fraction of sp³-hybridized carbons (Fsp3) is 0.400. The lowest BCUT2D eigenvalue weighted by Gasteiger charge is -2.20. The molecule has 1 unspecified atom stereocenters. The van der Waals surface area contributed by atoms with E-state index >= 15 is 0 Å². The quantitative estimate of drug-likeness (QED) is 0.788. The molecule has 0 aliphatic carbocycles. The molecule has 3 rings (SSSR count). The van der Waals surface area contributed by atoms with Crippen molar-refractivity contribution >= 4 is 28.3 Å². The topological polar surface area (TPSA) is 31.2 Å². The highest BCUT2D eigenvalue weighted by Crippen LogP contribution is 2.28. The van der Waals surface area contributed by atoms with E-state index in [1.807, 2.05) is 36.0 Å². The number of hydrogen-bond acceptors (Lipinski definition) is 2. The van der Waals surface area contributed by atoms with Gasteiger partial charge in [-0.25, -0.2) is 0 Å². The Balaban J connectivity index is 2.02. The Kier molecular flexibility index (Phi) is 3.33. The first-order valence-corrected chi connectivity index (χ1v) is 6.91. The van der Waals surface area contributed by atoms with E-state index in [9.17, 15) is 4.79 Å². The molecule has 2 heterocycles. The molecule has 1 fully saturated rings. The Morgan fingerprint density at radius 1 is 1.47 bits per heavy atom. The van der Waals surface area contributed by atoms with Crippen LogP contribution in [0.25, 0.3) is 10.9 Å². The highest BCUT2D eigenvalue weighted by Gasteiger charge is 2.25. The number of rotatable bonds is 2. The van der Waals surface area contributed by atoms with Crippen LogP contribution in [0.1, 0.15) is 23.2 Å². The minimum absolute atomic E-state index is 0.00460. The fourth-order valence-electron chi connectivity index (χ4n) is 2.72. The Morgan fingerprint density at radius 3 is 3.05 bits per heavy atom. The molecule has 1 aliphatic rings. The van der Waals surface area contributed by atoms with Crippen LogP contribution >= 0.6 is 11.6 Å². The van der Waals surface area contributed by atoms with Gasteiger partial charge >= 0.3 is 0 Å². The van der Waals surface area contributed by atoms with Crippen molar-refractivity contribution in [3.05, 3.63) is 35.0 Å². The first-order valence-electron chi connectivity index (χ1n) is 6.53. The average molecular weight is 278 g/mol. The van der Waals surface area contributed by atoms with Crippen LogP contribution in [0.3, 0.4) is 0 Å². The molecule has 1 saturated heterocycles. The second-order valence-electron chi connectivity index (χ2n) is 5.09. The Morgan fingerprint density at radius 2 is 2.32 bits per heavy atom. The SMILES string of the molecule is Cn1cc(C(=O)C2CCCOC2)c2ccc(Cl)cc21. The Labute approximate surface area is 117 Å². The summed E-state index contributed by atoms with van der Waals surface area (Å²) in [7, 11) is 1.94. The molecular weight excluding hydrogens is 262 g/mol. The van der Waals surface area contributed by atoms with Gasteiger partial charge in [0.2, 0.25) is 0 Å². The van der Waals surface area contributed by atoms with Crippen molar-refractivity contribution in [1.82, 2.24) is 4.57 Å². The van der Waals surface area contributed by atoms with Crippen LogP contribution in [-0.4, -0.2) is 23.6 Å². The van der Waals surface area contributed by atoms with Crippen LogP contribution in [0.4, 0.5) is 0 Å². The predicted octanol–water partition coefficient (Wildman–Crippen LogP) is 3.44. The maximum atomic E-state index is 12.6. The summed E-state index contributed by atoms with van der Waals surface area (Å²) in [4.78, 5) is 12.6. The predicted molar refractivity (Wildman–Crippen MR) is 75.8 cm³/mol. The lowest BCUT2D eigenvalue weighted by Crippen LogP contribution is -2.25. The van der Waals surface area contributed by atoms with Crippen LogP contribution in [0.15, 0.2) is 24.4 Å². The van der Waals surface area contributed by atoms with Gasteiger partial charge in [0.25, 0.3) is 0 Å². The van der Waals surface area contributed by atoms with Gasteiger partial charge in [-0.2, -0.15) is 0 Å². The van der Waals surface area contributed by atoms with Crippen LogP contribution in [0, 0.1) is 5.92 Å². The van der Waals surface area contributed by atoms with E-state index in [1.165, 1.54) is 0 Å². The number of carbonyl (C=O) groups excluding carboxylic acids is 1. The van der Waals surface area contributed by atoms with Gasteiger partial charge in [-0.05, 0) is 25.0 Å². The zero-order valence-corrected chi connectivity index (χ0v) is 11.6. The van der Waals surface area contributed by atoms with E-state index in [1.54, 1.807) is 0 Å². The monoisotopic (exact) mass is 277 g/mol. The second kappa shape index (κ2) is 4.99. The molecule has 2 aromatic rings. The highest BCUT2D eigenvalue weighted by molar-refractivity contribution is 6.31. The molecule has 0 bridgehead atoms. The van der Waals surface area contributed by atoms with E-state index < -0.39 is 0 Å². The maximum absolute atomic E-state index is 12.6. The molecular formula is C15H16ClNO2. The number of Topliss-reactive ketones (excluding diaryl/α,β-unsaturated/α-hetero) is 1. The van der Waals surface area contributed by atoms with Crippen molar-refractivity contribution in [1.29, 1.82) is 0 Å². The number of nitrogens with zero attached hydrogens (tertiary/aromatic N) is 1. The summed E-state index contributed by atoms with van der Waals surface area (Å²) in [5, 5.41) is 1.66. The van der Waals surface area contributed by atoms with Crippen molar-refractivity contribution in [2.24, 2.45) is 13.0 Å². The summed E-state index contributed by atoms with van der Waals surface area (Å²) < 4.78 is 7.37. The molecule has 0 N–H and O–H groups in total. The van der Waals surface area contributed by atoms with Crippen molar-refractivity contribution in [2.75, 3.05) is 13.2 Å². The molecule has 0 radical (unpaired) electrons. The largest absolute Gasteiger partial charge is 0.381 e. The minimum Gasteiger partial charge on any atom is -0.381 e. The number of carbonyl (C=O) groups is 1. The Bertz CT molecular complexity index is 626. The summed E-state index contributed by atoms with van der Waals surface area (Å²) in [5.41, 5.74) is 1.78. The van der Waals surface area contributed by atoms with Crippen LogP contribution in [-0.2, 0) is 11.8 Å². The number of halogens is 1. The van der Waals surface area contributed by atoms with Gasteiger partial charge in [0, 0.05) is 47.3 Å². The number of aryl methyl sites for hydroxylation is 1. The van der Waals surface area contributed by atoms with Crippen LogP contribution < -0.4 is 0 Å². The number of ketones is 1. The molecule has 1 aromatic carbocycles. The Hall–Kier alpha value is -1.32. The highest BCUT2D eigenvalue weighted by atomic mass is 35.5. The summed E-state index contributed by atoms with van der Waals surface area (Å²) in [6.07, 6.45) is 3.79. The van der Waals surface area contributed by atoms with Gasteiger partial charge in [0.15, 0.2) is 5.78 Å². The van der Waals surface area contributed by atoms with E-state index in [2.05, 4.69) is 0 Å². The van der Waals surface area contributed by atoms with E-state index in [0.29, 0.717) is 11.6 Å². The summed E-state index contributed by atoms with van der Waals surface area (Å²) in [5.74, 6) is 0.183. The number of ether oxygens (including phenoxy) is 1. The lowest BCUT2D eigenvalue weighted by molar-refractivity contribution is 0.0462. The molecule has 3 nitrogen and oxygen atoms in total. The first kappa shape index (κ1) is 12.7. The minimum atomic E-state index is -0.00460. The third kappa shape index (κ3) is 2.28. The van der Waals surface area contributed by atoms with Gasteiger partial charge in [-0.15, -0.1) is 0 Å². The number of aromatic nitrogens is 1. The average Bonchev–Trinajstić information content (AvgIpc) is 2.76. The van der Waals surface area contributed by atoms with Crippen molar-refractivity contribution in [2.45, 2.75) is 12.8 Å². The number of benzene rings is 1. The number of fused-ring (bicyclic) bond motifs is 1. The van der Waals surface area contributed by atoms with Gasteiger partial charge < -0.3 is 9.30 Å². The van der Waals surface area contributed by atoms with Gasteiger partial charge in [-0.1, -0.05) is 17.7 Å². The molecule has 4 heteroatoms. The van der Waals surface area contributed by atoms with E-state index in [-0.39, 0.29) is 11.7 Å². The third-order valence-electron chi connectivity index (χ3n) is 3.75. The zero-order chi connectivity index (χ0) is 13.4. The van der Waals surface area contributed by atoms with Crippen molar-refractivity contribution < 1.29 is 9.53 Å². The van der Waals surface area contributed by atoms with Crippen molar-refractivity contribution in [3.63, 3.8) is 0 Å². The normalized spacial score (nSPS) is 19.8. The first-order chi connectivity index (χ1) is 9.16. The van der Waals surface area contributed by atoms with Crippen LogP contribution in [0.2, 0.25) is 5.02 Å². The maximum Gasteiger partial charge on any atom is 0.170 e. The lowest BCUT2D eigenvalue weighted by atomic mass is 9.92. The van der Waals surface area contributed by atoms with E-state index in [4.69, 9.17) is 16.3 Å². The van der Waals surface area contributed by atoms with Crippen molar-refractivity contribution in [3.8, 4) is 0 Å². The van der Waals surface area contributed by atoms with Gasteiger partial charge in [0.05, 0.1) is 6.61 Å². The summed E-state index contributed by atoms with van der Waals surface area (Å²) >= 11 is 6.01. The molecule has 1 aromatic heterocycles. The second-order valence-corrected chi connectivity index (χ2v) is 5.53. The van der Waals surface area contributed by atoms with E-state index in [0.717, 1.165) is 35.9 Å². The molecule has 0 saturated carbocycles. The zero-order valence-electron chi connectivity index (χ0n) is 10.9. The summed E-state index contributed by atoms with van der Waals surface area (Å²) in [6.45, 7) is 1.32. The molecule has 1 atom stereocenters. The number of hydrogen-bond donors (Lipinski definition) is 0. The van der Waals surface area contributed by atoms with Crippen LogP contribution in [0.5, 0.6) is 0 Å². The smallest absolute Gasteiger partial charge is 0.170 e. The molecule has 0 spiro atoms. The molecule has 19 heavy (non-hydrogen) atoms. The third-order valence-corrected chi connectivity index (χ3v) is 3.98. The molecule has 100 valence electrons. The standard InChI is InChI=1S/C15H16ClNO2/c1-17-8-13(12-5-4-11(16)7-14(12)17)15(18)10-3-2-6-19-9-10/h4-5,7-8,10H,2-3,6,9H2,1H3.